The number of benzene rings is 2. The minimum atomic E-state index is -0.0963. The number of nitrogens with one attached hydrogen (secondary N) is 1. The van der Waals surface area contributed by atoms with E-state index in [9.17, 15) is 4.79 Å². The third-order valence-corrected chi connectivity index (χ3v) is 5.55. The number of hydrogen-bond acceptors (Lipinski definition) is 4. The monoisotopic (exact) mass is 384 g/mol. The number of thioether (sulfide) groups is 1. The zero-order chi connectivity index (χ0) is 19.1. The van der Waals surface area contributed by atoms with Crippen molar-refractivity contribution in [3.63, 3.8) is 0 Å². The third kappa shape index (κ3) is 6.29. The zero-order valence-electron chi connectivity index (χ0n) is 16.1. The summed E-state index contributed by atoms with van der Waals surface area (Å²) in [6, 6.07) is 15.9. The summed E-state index contributed by atoms with van der Waals surface area (Å²) in [7, 11) is 0. The first-order valence-corrected chi connectivity index (χ1v) is 10.7. The van der Waals surface area contributed by atoms with E-state index in [1.807, 2.05) is 62.0 Å². The Labute approximate surface area is 166 Å². The van der Waals surface area contributed by atoms with E-state index in [0.29, 0.717) is 12.1 Å². The summed E-state index contributed by atoms with van der Waals surface area (Å²) in [4.78, 5) is 14.7. The van der Waals surface area contributed by atoms with Gasteiger partial charge in [0.1, 0.15) is 11.9 Å². The molecule has 0 spiro atoms. The van der Waals surface area contributed by atoms with Crippen LogP contribution in [0.4, 0.5) is 0 Å². The molecule has 3 rings (SSSR count). The van der Waals surface area contributed by atoms with Crippen LogP contribution in [0.15, 0.2) is 48.5 Å². The van der Waals surface area contributed by atoms with E-state index < -0.39 is 0 Å². The fraction of sp³-hybridized carbons (Fsp3) is 0.409. The van der Waals surface area contributed by atoms with Gasteiger partial charge in [0.25, 0.3) is 5.91 Å². The van der Waals surface area contributed by atoms with Gasteiger partial charge in [-0.2, -0.15) is 11.8 Å². The minimum Gasteiger partial charge on any atom is -0.489 e. The van der Waals surface area contributed by atoms with Crippen LogP contribution in [-0.4, -0.2) is 48.1 Å². The molecule has 1 aliphatic heterocycles. The fourth-order valence-electron chi connectivity index (χ4n) is 3.05. The molecule has 5 heteroatoms. The minimum absolute atomic E-state index is 0.0674. The van der Waals surface area contributed by atoms with Crippen LogP contribution >= 0.6 is 11.8 Å². The molecule has 0 bridgehead atoms. The van der Waals surface area contributed by atoms with Crippen molar-refractivity contribution in [1.82, 2.24) is 10.2 Å². The van der Waals surface area contributed by atoms with E-state index in [2.05, 4.69) is 22.3 Å². The molecule has 144 valence electrons. The number of amides is 1. The second-order valence-corrected chi connectivity index (χ2v) is 8.27. The normalized spacial score (nSPS) is 15.9. The Bertz CT molecular complexity index is 742. The van der Waals surface area contributed by atoms with Crippen molar-refractivity contribution < 1.29 is 9.53 Å². The van der Waals surface area contributed by atoms with Crippen molar-refractivity contribution in [2.24, 2.45) is 0 Å². The van der Waals surface area contributed by atoms with Crippen LogP contribution in [0.1, 0.15) is 28.4 Å². The Hall–Kier alpha value is -1.98. The van der Waals surface area contributed by atoms with Gasteiger partial charge in [-0.25, -0.2) is 0 Å². The lowest BCUT2D eigenvalue weighted by Gasteiger charge is -2.26. The molecule has 0 saturated carbocycles. The van der Waals surface area contributed by atoms with Gasteiger partial charge in [-0.05, 0) is 43.7 Å². The number of hydrogen-bond donors (Lipinski definition) is 1. The van der Waals surface area contributed by atoms with Crippen LogP contribution in [0.25, 0.3) is 0 Å². The number of ether oxygens (including phenoxy) is 1. The quantitative estimate of drug-likeness (QED) is 0.790. The first-order chi connectivity index (χ1) is 13.1. The van der Waals surface area contributed by atoms with Gasteiger partial charge in [-0.3, -0.25) is 9.69 Å². The van der Waals surface area contributed by atoms with Crippen LogP contribution in [-0.2, 0) is 6.54 Å². The molecule has 1 amide bonds. The van der Waals surface area contributed by atoms with Crippen molar-refractivity contribution in [2.45, 2.75) is 26.5 Å². The number of carbonyl (C=O) groups is 1. The summed E-state index contributed by atoms with van der Waals surface area (Å²) in [5, 5.41) is 2.94. The SMILES string of the molecule is Cc1ccc(C(=O)NCC(C)Oc2cccc(CN3CCSCC3)c2)cc1. The summed E-state index contributed by atoms with van der Waals surface area (Å²) < 4.78 is 6.01. The molecule has 27 heavy (non-hydrogen) atoms. The van der Waals surface area contributed by atoms with Gasteiger partial charge < -0.3 is 10.1 Å². The number of aryl methyl sites for hydroxylation is 1. The molecule has 0 aliphatic carbocycles. The van der Waals surface area contributed by atoms with Gasteiger partial charge in [0.05, 0.1) is 6.54 Å². The van der Waals surface area contributed by atoms with Gasteiger partial charge in [0, 0.05) is 36.7 Å². The highest BCUT2D eigenvalue weighted by atomic mass is 32.2. The number of carbonyl (C=O) groups excluding carboxylic acids is 1. The maximum Gasteiger partial charge on any atom is 0.251 e. The first-order valence-electron chi connectivity index (χ1n) is 9.51. The van der Waals surface area contributed by atoms with E-state index in [1.54, 1.807) is 0 Å². The lowest BCUT2D eigenvalue weighted by Crippen LogP contribution is -2.33. The molecule has 1 atom stereocenters. The molecular weight excluding hydrogens is 356 g/mol. The lowest BCUT2D eigenvalue weighted by molar-refractivity contribution is 0.0932. The summed E-state index contributed by atoms with van der Waals surface area (Å²) >= 11 is 2.03. The Kier molecular flexibility index (Phi) is 7.18. The van der Waals surface area contributed by atoms with E-state index >= 15 is 0 Å². The van der Waals surface area contributed by atoms with Gasteiger partial charge in [-0.15, -0.1) is 0 Å². The summed E-state index contributed by atoms with van der Waals surface area (Å²) in [5.74, 6) is 3.22. The number of nitrogens with zero attached hydrogens (tertiary/aromatic N) is 1. The molecule has 1 saturated heterocycles. The Morgan fingerprint density at radius 1 is 1.19 bits per heavy atom. The predicted octanol–water partition coefficient (Wildman–Crippen LogP) is 3.74. The molecule has 1 N–H and O–H groups in total. The lowest BCUT2D eigenvalue weighted by atomic mass is 10.1. The number of rotatable bonds is 7. The average Bonchev–Trinajstić information content (AvgIpc) is 2.68. The highest BCUT2D eigenvalue weighted by molar-refractivity contribution is 7.99. The van der Waals surface area contributed by atoms with Crippen LogP contribution in [0.5, 0.6) is 5.75 Å². The van der Waals surface area contributed by atoms with E-state index in [-0.39, 0.29) is 12.0 Å². The predicted molar refractivity (Wildman–Crippen MR) is 113 cm³/mol. The molecule has 1 fully saturated rings. The van der Waals surface area contributed by atoms with Gasteiger partial charge in [0.15, 0.2) is 0 Å². The molecule has 1 aliphatic rings. The van der Waals surface area contributed by atoms with Crippen LogP contribution in [0.2, 0.25) is 0 Å². The second kappa shape index (κ2) is 9.81. The van der Waals surface area contributed by atoms with Crippen molar-refractivity contribution in [3.8, 4) is 5.75 Å². The van der Waals surface area contributed by atoms with Crippen LogP contribution in [0.3, 0.4) is 0 Å². The molecule has 4 nitrogen and oxygen atoms in total. The summed E-state index contributed by atoms with van der Waals surface area (Å²) in [5.41, 5.74) is 3.09. The summed E-state index contributed by atoms with van der Waals surface area (Å²) in [6.45, 7) is 7.73. The Morgan fingerprint density at radius 2 is 1.93 bits per heavy atom. The maximum absolute atomic E-state index is 12.2. The van der Waals surface area contributed by atoms with Crippen molar-refractivity contribution in [2.75, 3.05) is 31.1 Å². The standard InChI is InChI=1S/C22H28N2O2S/c1-17-6-8-20(9-7-17)22(25)23-15-18(2)26-21-5-3-4-19(14-21)16-24-10-12-27-13-11-24/h3-9,14,18H,10-13,15-16H2,1-2H3,(H,23,25). The van der Waals surface area contributed by atoms with Crippen molar-refractivity contribution in [3.05, 3.63) is 65.2 Å². The van der Waals surface area contributed by atoms with E-state index in [0.717, 1.165) is 30.9 Å². The smallest absolute Gasteiger partial charge is 0.251 e. The third-order valence-electron chi connectivity index (χ3n) is 4.61. The van der Waals surface area contributed by atoms with Crippen molar-refractivity contribution in [1.29, 1.82) is 0 Å². The summed E-state index contributed by atoms with van der Waals surface area (Å²) in [6.07, 6.45) is -0.0963. The molecule has 1 heterocycles. The molecule has 1 unspecified atom stereocenters. The fourth-order valence-corrected chi connectivity index (χ4v) is 4.03. The van der Waals surface area contributed by atoms with E-state index in [1.165, 1.54) is 17.1 Å². The highest BCUT2D eigenvalue weighted by Crippen LogP contribution is 2.18. The van der Waals surface area contributed by atoms with Crippen LogP contribution < -0.4 is 10.1 Å². The zero-order valence-corrected chi connectivity index (χ0v) is 16.9. The maximum atomic E-state index is 12.2. The van der Waals surface area contributed by atoms with Crippen LogP contribution in [0, 0.1) is 6.92 Å². The Balaban J connectivity index is 1.48. The molecule has 2 aromatic rings. The van der Waals surface area contributed by atoms with Crippen molar-refractivity contribution >= 4 is 17.7 Å². The molecular formula is C22H28N2O2S. The topological polar surface area (TPSA) is 41.6 Å². The van der Waals surface area contributed by atoms with Gasteiger partial charge in [-0.1, -0.05) is 29.8 Å². The first kappa shape index (κ1) is 19.8. The Morgan fingerprint density at radius 3 is 2.67 bits per heavy atom. The average molecular weight is 385 g/mol. The van der Waals surface area contributed by atoms with E-state index in [4.69, 9.17) is 4.74 Å². The molecule has 2 aromatic carbocycles. The molecule has 0 aromatic heterocycles. The van der Waals surface area contributed by atoms with Gasteiger partial charge in [0.2, 0.25) is 0 Å². The largest absolute Gasteiger partial charge is 0.489 e. The second-order valence-electron chi connectivity index (χ2n) is 7.04. The van der Waals surface area contributed by atoms with Gasteiger partial charge >= 0.3 is 0 Å². The molecule has 0 radical (unpaired) electrons. The highest BCUT2D eigenvalue weighted by Gasteiger charge is 2.12.